The maximum atomic E-state index is 13.7. The van der Waals surface area contributed by atoms with Gasteiger partial charge in [-0.05, 0) is 11.6 Å². The lowest BCUT2D eigenvalue weighted by Gasteiger charge is -2.27. The molecule has 132 valence electrons. The van der Waals surface area contributed by atoms with Crippen molar-refractivity contribution in [3.05, 3.63) is 35.6 Å². The fraction of sp³-hybridized carbons (Fsp3) is 0.562. The van der Waals surface area contributed by atoms with Crippen LogP contribution in [-0.2, 0) is 26.0 Å². The van der Waals surface area contributed by atoms with E-state index in [1.54, 1.807) is 23.1 Å². The fourth-order valence-corrected chi connectivity index (χ4v) is 4.01. The minimum Gasteiger partial charge on any atom is -0.380 e. The highest BCUT2D eigenvalue weighted by Crippen LogP contribution is 2.41. The van der Waals surface area contributed by atoms with E-state index in [4.69, 9.17) is 4.74 Å². The normalized spacial score (nSPS) is 26.6. The Morgan fingerprint density at radius 1 is 1.46 bits per heavy atom. The first kappa shape index (κ1) is 17.3. The van der Waals surface area contributed by atoms with Gasteiger partial charge in [-0.15, -0.1) is 0 Å². The van der Waals surface area contributed by atoms with Crippen LogP contribution in [0.5, 0.6) is 0 Å². The Morgan fingerprint density at radius 3 is 2.92 bits per heavy atom. The molecule has 2 aliphatic heterocycles. The van der Waals surface area contributed by atoms with Crippen LogP contribution >= 0.6 is 0 Å². The quantitative estimate of drug-likeness (QED) is 0.828. The van der Waals surface area contributed by atoms with Crippen molar-refractivity contribution in [2.24, 2.45) is 11.3 Å². The van der Waals surface area contributed by atoms with Crippen molar-refractivity contribution in [2.75, 3.05) is 39.1 Å². The Bertz CT molecular complexity index is 739. The van der Waals surface area contributed by atoms with Crippen molar-refractivity contribution in [3.8, 4) is 0 Å². The number of hydrogen-bond donors (Lipinski definition) is 1. The molecule has 2 saturated heterocycles. The molecule has 1 aromatic carbocycles. The second kappa shape index (κ2) is 6.42. The van der Waals surface area contributed by atoms with Crippen LogP contribution in [0.25, 0.3) is 0 Å². The summed E-state index contributed by atoms with van der Waals surface area (Å²) in [5.41, 5.74) is -0.0207. The number of amides is 1. The topological polar surface area (TPSA) is 75.7 Å². The third kappa shape index (κ3) is 3.60. The van der Waals surface area contributed by atoms with Gasteiger partial charge < -0.3 is 9.64 Å². The maximum Gasteiger partial charge on any atom is 0.227 e. The number of rotatable bonds is 5. The number of carbonyl (C=O) groups excluding carboxylic acids is 1. The van der Waals surface area contributed by atoms with Crippen molar-refractivity contribution in [1.82, 2.24) is 9.62 Å². The number of fused-ring (bicyclic) bond motifs is 1. The highest BCUT2D eigenvalue weighted by Gasteiger charge is 2.51. The van der Waals surface area contributed by atoms with E-state index in [2.05, 4.69) is 4.72 Å². The van der Waals surface area contributed by atoms with E-state index in [1.165, 1.54) is 6.07 Å². The van der Waals surface area contributed by atoms with Crippen molar-refractivity contribution in [2.45, 2.75) is 6.42 Å². The van der Waals surface area contributed by atoms with Crippen LogP contribution < -0.4 is 4.72 Å². The third-order valence-corrected chi connectivity index (χ3v) is 5.53. The van der Waals surface area contributed by atoms with Gasteiger partial charge in [0.15, 0.2) is 0 Å². The smallest absolute Gasteiger partial charge is 0.227 e. The Balaban J connectivity index is 1.69. The Morgan fingerprint density at radius 2 is 2.21 bits per heavy atom. The zero-order chi connectivity index (χ0) is 17.4. The highest BCUT2D eigenvalue weighted by molar-refractivity contribution is 7.88. The van der Waals surface area contributed by atoms with E-state index < -0.39 is 15.4 Å². The number of sulfonamides is 1. The van der Waals surface area contributed by atoms with E-state index in [1.807, 2.05) is 0 Å². The summed E-state index contributed by atoms with van der Waals surface area (Å²) in [7, 11) is -3.31. The molecule has 0 aromatic heterocycles. The lowest BCUT2D eigenvalue weighted by atomic mass is 9.81. The molecular weight excluding hydrogens is 335 g/mol. The minimum absolute atomic E-state index is 0.00976. The van der Waals surface area contributed by atoms with E-state index >= 15 is 0 Å². The van der Waals surface area contributed by atoms with Gasteiger partial charge in [0, 0.05) is 31.0 Å². The maximum absolute atomic E-state index is 13.7. The van der Waals surface area contributed by atoms with Gasteiger partial charge in [0.1, 0.15) is 5.82 Å². The fourth-order valence-electron chi connectivity index (χ4n) is 3.46. The third-order valence-electron chi connectivity index (χ3n) is 4.86. The molecule has 0 unspecified atom stereocenters. The van der Waals surface area contributed by atoms with Crippen molar-refractivity contribution >= 4 is 15.9 Å². The van der Waals surface area contributed by atoms with Crippen molar-refractivity contribution in [3.63, 3.8) is 0 Å². The summed E-state index contributed by atoms with van der Waals surface area (Å²) in [6.45, 7) is 2.12. The standard InChI is InChI=1S/C16H21FN2O4S/c1-24(21,22)18-9-16-10-19(7-13(16)8-23-11-16)15(20)6-12-4-2-3-5-14(12)17/h2-5,13,18H,6-11H2,1H3/t13-,16+/m1/s1. The number of benzene rings is 1. The molecule has 0 saturated carbocycles. The van der Waals surface area contributed by atoms with E-state index in [-0.39, 0.29) is 30.6 Å². The van der Waals surface area contributed by atoms with E-state index in [0.29, 0.717) is 31.9 Å². The van der Waals surface area contributed by atoms with Gasteiger partial charge in [0.2, 0.25) is 15.9 Å². The average molecular weight is 356 g/mol. The lowest BCUT2D eigenvalue weighted by molar-refractivity contribution is -0.130. The molecule has 2 heterocycles. The number of likely N-dealkylation sites (tertiary alicyclic amines) is 1. The molecule has 8 heteroatoms. The SMILES string of the molecule is CS(=O)(=O)NC[C@]12COC[C@H]1CN(C(=O)Cc1ccccc1F)C2. The summed E-state index contributed by atoms with van der Waals surface area (Å²) >= 11 is 0. The Kier molecular flexibility index (Phi) is 4.63. The van der Waals surface area contributed by atoms with Crippen molar-refractivity contribution < 1.29 is 22.3 Å². The van der Waals surface area contributed by atoms with Crippen LogP contribution in [0.4, 0.5) is 4.39 Å². The highest BCUT2D eigenvalue weighted by atomic mass is 32.2. The summed E-state index contributed by atoms with van der Waals surface area (Å²) in [5, 5.41) is 0. The van der Waals surface area contributed by atoms with Crippen LogP contribution in [0, 0.1) is 17.2 Å². The summed E-state index contributed by atoms with van der Waals surface area (Å²) in [5.74, 6) is -0.438. The predicted molar refractivity (Wildman–Crippen MR) is 86.3 cm³/mol. The summed E-state index contributed by atoms with van der Waals surface area (Å²) < 4.78 is 44.6. The summed E-state index contributed by atoms with van der Waals surface area (Å²) in [6, 6.07) is 6.24. The largest absolute Gasteiger partial charge is 0.380 e. The van der Waals surface area contributed by atoms with Gasteiger partial charge in [0.05, 0.1) is 25.9 Å². The molecule has 24 heavy (non-hydrogen) atoms. The van der Waals surface area contributed by atoms with Gasteiger partial charge in [-0.25, -0.2) is 17.5 Å². The molecule has 0 aliphatic carbocycles. The van der Waals surface area contributed by atoms with Crippen LogP contribution in [0.15, 0.2) is 24.3 Å². The Hall–Kier alpha value is -1.51. The number of hydrogen-bond acceptors (Lipinski definition) is 4. The molecule has 3 rings (SSSR count). The molecule has 2 aliphatic rings. The Labute approximate surface area is 141 Å². The van der Waals surface area contributed by atoms with E-state index in [9.17, 15) is 17.6 Å². The number of ether oxygens (including phenoxy) is 1. The average Bonchev–Trinajstić information content (AvgIpc) is 3.04. The predicted octanol–water partition coefficient (Wildman–Crippen LogP) is 0.392. The zero-order valence-electron chi connectivity index (χ0n) is 13.5. The minimum atomic E-state index is -3.31. The molecule has 0 radical (unpaired) electrons. The van der Waals surface area contributed by atoms with Crippen molar-refractivity contribution in [1.29, 1.82) is 0 Å². The molecule has 1 amide bonds. The van der Waals surface area contributed by atoms with Crippen LogP contribution in [0.1, 0.15) is 5.56 Å². The second-order valence-electron chi connectivity index (χ2n) is 6.71. The van der Waals surface area contributed by atoms with Crippen LogP contribution in [0.3, 0.4) is 0 Å². The van der Waals surface area contributed by atoms with E-state index in [0.717, 1.165) is 6.26 Å². The molecule has 6 nitrogen and oxygen atoms in total. The molecule has 2 fully saturated rings. The molecular formula is C16H21FN2O4S. The second-order valence-corrected chi connectivity index (χ2v) is 8.54. The summed E-state index contributed by atoms with van der Waals surface area (Å²) in [6.07, 6.45) is 1.13. The first-order valence-corrected chi connectivity index (χ1v) is 9.72. The monoisotopic (exact) mass is 356 g/mol. The zero-order valence-corrected chi connectivity index (χ0v) is 14.3. The molecule has 0 spiro atoms. The van der Waals surface area contributed by atoms with Crippen LogP contribution in [-0.4, -0.2) is 58.3 Å². The molecule has 1 aromatic rings. The number of carbonyl (C=O) groups is 1. The van der Waals surface area contributed by atoms with Gasteiger partial charge in [0.25, 0.3) is 0 Å². The van der Waals surface area contributed by atoms with Gasteiger partial charge >= 0.3 is 0 Å². The van der Waals surface area contributed by atoms with Gasteiger partial charge in [-0.2, -0.15) is 0 Å². The molecule has 2 atom stereocenters. The number of nitrogens with zero attached hydrogens (tertiary/aromatic N) is 1. The van der Waals surface area contributed by atoms with Gasteiger partial charge in [-0.1, -0.05) is 18.2 Å². The van der Waals surface area contributed by atoms with Gasteiger partial charge in [-0.3, -0.25) is 4.79 Å². The van der Waals surface area contributed by atoms with Crippen LogP contribution in [0.2, 0.25) is 0 Å². The number of nitrogens with one attached hydrogen (secondary N) is 1. The summed E-state index contributed by atoms with van der Waals surface area (Å²) in [4.78, 5) is 14.2. The molecule has 0 bridgehead atoms. The molecule has 1 N–H and O–H groups in total. The number of halogens is 1. The first-order valence-electron chi connectivity index (χ1n) is 7.83. The lowest BCUT2D eigenvalue weighted by Crippen LogP contribution is -2.43. The first-order chi connectivity index (χ1) is 11.3.